The quantitative estimate of drug-likeness (QED) is 0.712. The second-order valence-electron chi connectivity index (χ2n) is 5.95. The van der Waals surface area contributed by atoms with E-state index < -0.39 is 5.79 Å². The lowest BCUT2D eigenvalue weighted by Gasteiger charge is -2.26. The number of nitriles is 1. The first-order valence-electron chi connectivity index (χ1n) is 6.71. The number of benzene rings is 1. The van der Waals surface area contributed by atoms with Gasteiger partial charge in [0.2, 0.25) is 0 Å². The van der Waals surface area contributed by atoms with Crippen molar-refractivity contribution in [1.82, 2.24) is 0 Å². The number of fused-ring (bicyclic) bond motifs is 5. The summed E-state index contributed by atoms with van der Waals surface area (Å²) in [6.45, 7) is 4.70. The highest BCUT2D eigenvalue weighted by molar-refractivity contribution is 5.65. The van der Waals surface area contributed by atoms with E-state index in [1.54, 1.807) is 0 Å². The topological polar surface area (TPSA) is 45.5 Å². The van der Waals surface area contributed by atoms with Crippen molar-refractivity contribution in [2.45, 2.75) is 43.8 Å². The third-order valence-electron chi connectivity index (χ3n) is 4.36. The van der Waals surface area contributed by atoms with Gasteiger partial charge in [-0.05, 0) is 25.5 Å². The number of hydrogen-bond acceptors (Lipinski definition) is 4. The van der Waals surface area contributed by atoms with Crippen LogP contribution < -0.4 is 4.90 Å². The third-order valence-corrected chi connectivity index (χ3v) is 4.36. The summed E-state index contributed by atoms with van der Waals surface area (Å²) in [4.78, 5) is 2.29. The van der Waals surface area contributed by atoms with Crippen LogP contribution in [0.3, 0.4) is 0 Å². The van der Waals surface area contributed by atoms with Crippen LogP contribution in [0.5, 0.6) is 0 Å². The normalized spacial score (nSPS) is 37.6. The van der Waals surface area contributed by atoms with Crippen LogP contribution in [0, 0.1) is 11.3 Å². The van der Waals surface area contributed by atoms with Gasteiger partial charge >= 0.3 is 0 Å². The van der Waals surface area contributed by atoms with Crippen molar-refractivity contribution in [3.63, 3.8) is 0 Å². The van der Waals surface area contributed by atoms with Crippen LogP contribution in [0.15, 0.2) is 24.3 Å². The highest BCUT2D eigenvalue weighted by atomic mass is 16.8. The number of ether oxygens (including phenoxy) is 2. The molecule has 98 valence electrons. The molecule has 0 N–H and O–H groups in total. The van der Waals surface area contributed by atoms with E-state index in [0.29, 0.717) is 0 Å². The smallest absolute Gasteiger partial charge is 0.163 e. The Morgan fingerprint density at radius 3 is 2.89 bits per heavy atom. The van der Waals surface area contributed by atoms with Crippen LogP contribution in [0.2, 0.25) is 0 Å². The molecule has 2 fully saturated rings. The second-order valence-corrected chi connectivity index (χ2v) is 5.95. The molecule has 3 aliphatic heterocycles. The van der Waals surface area contributed by atoms with Gasteiger partial charge in [0.25, 0.3) is 0 Å². The Morgan fingerprint density at radius 2 is 2.11 bits per heavy atom. The minimum absolute atomic E-state index is 0.00736. The van der Waals surface area contributed by atoms with Crippen molar-refractivity contribution in [2.75, 3.05) is 11.4 Å². The molecular weight excluding hydrogens is 240 g/mol. The summed E-state index contributed by atoms with van der Waals surface area (Å²) in [6.07, 6.45) is 0.0660. The maximum atomic E-state index is 9.54. The molecule has 0 aromatic heterocycles. The first-order valence-corrected chi connectivity index (χ1v) is 6.71. The fraction of sp³-hybridized carbons (Fsp3) is 0.533. The van der Waals surface area contributed by atoms with Crippen LogP contribution >= 0.6 is 0 Å². The zero-order valence-corrected chi connectivity index (χ0v) is 11.0. The summed E-state index contributed by atoms with van der Waals surface area (Å²) in [5.41, 5.74) is 2.29. The molecule has 1 unspecified atom stereocenters. The molecule has 4 nitrogen and oxygen atoms in total. The van der Waals surface area contributed by atoms with Gasteiger partial charge in [-0.3, -0.25) is 0 Å². The van der Waals surface area contributed by atoms with E-state index in [0.717, 1.165) is 12.1 Å². The van der Waals surface area contributed by atoms with E-state index in [4.69, 9.17) is 9.47 Å². The van der Waals surface area contributed by atoms with E-state index in [9.17, 15) is 5.26 Å². The Kier molecular flexibility index (Phi) is 2.08. The van der Waals surface area contributed by atoms with Crippen molar-refractivity contribution in [3.05, 3.63) is 29.8 Å². The Labute approximate surface area is 112 Å². The van der Waals surface area contributed by atoms with Crippen LogP contribution in [-0.4, -0.2) is 30.6 Å². The highest BCUT2D eigenvalue weighted by Gasteiger charge is 2.58. The first kappa shape index (κ1) is 11.3. The average Bonchev–Trinajstić information content (AvgIpc) is 2.94. The zero-order valence-electron chi connectivity index (χ0n) is 11.0. The van der Waals surface area contributed by atoms with Gasteiger partial charge in [-0.15, -0.1) is 0 Å². The Bertz CT molecular complexity index is 578. The minimum atomic E-state index is -0.532. The summed E-state index contributed by atoms with van der Waals surface area (Å²) in [5.74, 6) is -0.653. The average molecular weight is 256 g/mol. The molecule has 4 rings (SSSR count). The van der Waals surface area contributed by atoms with E-state index in [1.165, 1.54) is 5.69 Å². The number of anilines is 1. The van der Waals surface area contributed by atoms with Gasteiger partial charge in [-0.1, -0.05) is 18.2 Å². The molecule has 19 heavy (non-hydrogen) atoms. The molecule has 0 bridgehead atoms. The van der Waals surface area contributed by atoms with Gasteiger partial charge in [0.05, 0.1) is 18.0 Å². The fourth-order valence-corrected chi connectivity index (χ4v) is 3.76. The molecule has 2 saturated heterocycles. The Balaban J connectivity index is 1.77. The molecule has 0 aliphatic carbocycles. The summed E-state index contributed by atoms with van der Waals surface area (Å²) in [7, 11) is 0. The minimum Gasteiger partial charge on any atom is -0.361 e. The van der Waals surface area contributed by atoms with Crippen LogP contribution in [-0.2, 0) is 9.47 Å². The summed E-state index contributed by atoms with van der Waals surface area (Å²) in [5, 5.41) is 9.54. The van der Waals surface area contributed by atoms with Crippen molar-refractivity contribution < 1.29 is 9.47 Å². The Hall–Kier alpha value is -1.57. The molecule has 0 radical (unpaired) electrons. The van der Waals surface area contributed by atoms with Crippen molar-refractivity contribution in [1.29, 1.82) is 5.26 Å². The predicted octanol–water partition coefficient (Wildman–Crippen LogP) is 2.02. The van der Waals surface area contributed by atoms with E-state index in [-0.39, 0.29) is 24.2 Å². The van der Waals surface area contributed by atoms with Gasteiger partial charge in [-0.25, -0.2) is 0 Å². The maximum absolute atomic E-state index is 9.54. The number of nitrogens with zero attached hydrogens (tertiary/aromatic N) is 2. The lowest BCUT2D eigenvalue weighted by Crippen LogP contribution is -2.38. The SMILES string of the molecule is CC1(C)O[C@H]2[C@H](CN3c4ccccc4C(C#N)[C@@H]23)O1. The third kappa shape index (κ3) is 1.40. The van der Waals surface area contributed by atoms with Crippen molar-refractivity contribution in [2.24, 2.45) is 0 Å². The maximum Gasteiger partial charge on any atom is 0.163 e. The van der Waals surface area contributed by atoms with Crippen LogP contribution in [0.4, 0.5) is 5.69 Å². The first-order chi connectivity index (χ1) is 9.11. The van der Waals surface area contributed by atoms with Gasteiger partial charge < -0.3 is 14.4 Å². The summed E-state index contributed by atoms with van der Waals surface area (Å²) >= 11 is 0. The predicted molar refractivity (Wildman–Crippen MR) is 69.8 cm³/mol. The number of rotatable bonds is 0. The van der Waals surface area contributed by atoms with Gasteiger partial charge in [0, 0.05) is 12.2 Å². The van der Waals surface area contributed by atoms with Crippen molar-refractivity contribution in [3.8, 4) is 6.07 Å². The molecule has 0 saturated carbocycles. The monoisotopic (exact) mass is 256 g/mol. The zero-order chi connectivity index (χ0) is 13.2. The molecular formula is C15H16N2O2. The molecule has 3 heterocycles. The molecule has 1 aromatic carbocycles. The van der Waals surface area contributed by atoms with E-state index in [2.05, 4.69) is 23.1 Å². The lowest BCUT2D eigenvalue weighted by atomic mass is 9.92. The molecule has 3 aliphatic rings. The van der Waals surface area contributed by atoms with Gasteiger partial charge in [0.15, 0.2) is 5.79 Å². The van der Waals surface area contributed by atoms with Crippen LogP contribution in [0.1, 0.15) is 25.3 Å². The molecule has 0 amide bonds. The largest absolute Gasteiger partial charge is 0.361 e. The van der Waals surface area contributed by atoms with Crippen molar-refractivity contribution >= 4 is 5.69 Å². The summed E-state index contributed by atoms with van der Waals surface area (Å²) in [6, 6.07) is 10.7. The second kappa shape index (κ2) is 3.50. The Morgan fingerprint density at radius 1 is 1.32 bits per heavy atom. The van der Waals surface area contributed by atoms with E-state index >= 15 is 0 Å². The summed E-state index contributed by atoms with van der Waals surface area (Å²) < 4.78 is 12.0. The standard InChI is InChI=1S/C15H16N2O2/c1-15(2)18-12-8-17-11-6-4-3-5-9(11)10(7-16)13(17)14(12)19-15/h3-6,10,12-14H,8H2,1-2H3/t10?,12-,13-,14-/m0/s1. The molecule has 1 aromatic rings. The number of para-hydroxylation sites is 1. The highest BCUT2D eigenvalue weighted by Crippen LogP contribution is 2.50. The molecule has 4 atom stereocenters. The van der Waals surface area contributed by atoms with Crippen LogP contribution in [0.25, 0.3) is 0 Å². The molecule has 4 heteroatoms. The molecule has 0 spiro atoms. The van der Waals surface area contributed by atoms with Gasteiger partial charge in [0.1, 0.15) is 12.2 Å². The van der Waals surface area contributed by atoms with E-state index in [1.807, 2.05) is 26.0 Å². The van der Waals surface area contributed by atoms with Gasteiger partial charge in [-0.2, -0.15) is 5.26 Å². The fourth-order valence-electron chi connectivity index (χ4n) is 3.76. The number of hydrogen-bond donors (Lipinski definition) is 0. The lowest BCUT2D eigenvalue weighted by molar-refractivity contribution is -0.150.